The number of hydrogen-bond donors (Lipinski definition) is 0. The first-order chi connectivity index (χ1) is 13.4. The van der Waals surface area contributed by atoms with Crippen molar-refractivity contribution in [2.75, 3.05) is 0 Å². The van der Waals surface area contributed by atoms with Crippen molar-refractivity contribution in [1.29, 1.82) is 0 Å². The van der Waals surface area contributed by atoms with E-state index in [0.717, 1.165) is 0 Å². The number of halogens is 6. The van der Waals surface area contributed by atoms with E-state index < -0.39 is 48.9 Å². The van der Waals surface area contributed by atoms with Crippen molar-refractivity contribution < 1.29 is 45.0 Å². The molecule has 2 unspecified atom stereocenters. The Balaban J connectivity index is 2.23. The Morgan fingerprint density at radius 1 is 0.931 bits per heavy atom. The number of carbonyl (C=O) groups excluding carboxylic acids is 1. The summed E-state index contributed by atoms with van der Waals surface area (Å²) in [5.41, 5.74) is -6.67. The lowest BCUT2D eigenvalue weighted by Gasteiger charge is -2.15. The van der Waals surface area contributed by atoms with Crippen LogP contribution in [-0.4, -0.2) is 11.8 Å². The highest BCUT2D eigenvalue weighted by Gasteiger charge is 2.49. The van der Waals surface area contributed by atoms with Crippen LogP contribution in [0.5, 0.6) is 0 Å². The molecule has 0 aliphatic heterocycles. The molecule has 0 N–H and O–H groups in total. The zero-order valence-electron chi connectivity index (χ0n) is 14.8. The minimum absolute atomic E-state index is 0.0354. The molecule has 0 saturated carbocycles. The predicted molar refractivity (Wildman–Crippen MR) is 90.2 cm³/mol. The maximum absolute atomic E-state index is 13.1. The lowest BCUT2D eigenvalue weighted by molar-refractivity contribution is -0.143. The van der Waals surface area contributed by atoms with Gasteiger partial charge in [-0.25, -0.2) is 4.79 Å². The molecule has 0 amide bonds. The SMILES string of the molecule is CC(OCc1ccccc1)O[P+](=O)C(=O)c1c(C(F)(F)F)cccc1C(F)(F)F. The van der Waals surface area contributed by atoms with Gasteiger partial charge in [0.2, 0.25) is 6.29 Å². The molecule has 0 aliphatic carbocycles. The van der Waals surface area contributed by atoms with Gasteiger partial charge in [0, 0.05) is 0 Å². The van der Waals surface area contributed by atoms with Crippen molar-refractivity contribution in [2.45, 2.75) is 32.2 Å². The van der Waals surface area contributed by atoms with Gasteiger partial charge >= 0.3 is 25.9 Å². The van der Waals surface area contributed by atoms with Gasteiger partial charge in [-0.05, 0) is 29.2 Å². The zero-order chi connectivity index (χ0) is 21.8. The molecule has 0 fully saturated rings. The average molecular weight is 439 g/mol. The first-order valence-corrected chi connectivity index (χ1v) is 9.20. The minimum Gasteiger partial charge on any atom is -0.344 e. The van der Waals surface area contributed by atoms with Crippen molar-refractivity contribution >= 4 is 13.6 Å². The van der Waals surface area contributed by atoms with Crippen LogP contribution in [0.15, 0.2) is 48.5 Å². The summed E-state index contributed by atoms with van der Waals surface area (Å²) >= 11 is 0. The molecule has 29 heavy (non-hydrogen) atoms. The van der Waals surface area contributed by atoms with Gasteiger partial charge in [0.05, 0.1) is 23.3 Å². The van der Waals surface area contributed by atoms with Gasteiger partial charge in [-0.3, -0.25) is 0 Å². The minimum atomic E-state index is -5.27. The fraction of sp³-hybridized carbons (Fsp3) is 0.278. The van der Waals surface area contributed by atoms with Gasteiger partial charge < -0.3 is 4.74 Å². The maximum Gasteiger partial charge on any atom is 0.595 e. The Bertz CT molecular complexity index is 848. The van der Waals surface area contributed by atoms with Gasteiger partial charge in [0.15, 0.2) is 0 Å². The summed E-state index contributed by atoms with van der Waals surface area (Å²) in [5.74, 6) is 0. The van der Waals surface area contributed by atoms with E-state index in [0.29, 0.717) is 23.8 Å². The molecule has 11 heteroatoms. The van der Waals surface area contributed by atoms with Gasteiger partial charge in [-0.2, -0.15) is 26.3 Å². The summed E-state index contributed by atoms with van der Waals surface area (Å²) < 4.78 is 101. The van der Waals surface area contributed by atoms with E-state index >= 15 is 0 Å². The van der Waals surface area contributed by atoms with Gasteiger partial charge in [0.25, 0.3) is 0 Å². The zero-order valence-corrected chi connectivity index (χ0v) is 15.6. The Morgan fingerprint density at radius 3 is 1.93 bits per heavy atom. The monoisotopic (exact) mass is 439 g/mol. The number of carbonyl (C=O) groups is 1. The van der Waals surface area contributed by atoms with Crippen LogP contribution in [0.1, 0.15) is 34.0 Å². The van der Waals surface area contributed by atoms with Crippen LogP contribution in [0.2, 0.25) is 0 Å². The number of ether oxygens (including phenoxy) is 1. The van der Waals surface area contributed by atoms with E-state index in [1.807, 2.05) is 0 Å². The van der Waals surface area contributed by atoms with Gasteiger partial charge in [-0.1, -0.05) is 36.4 Å². The topological polar surface area (TPSA) is 52.6 Å². The molecule has 0 radical (unpaired) electrons. The third-order valence-electron chi connectivity index (χ3n) is 3.63. The Kier molecular flexibility index (Phi) is 7.15. The van der Waals surface area contributed by atoms with Crippen molar-refractivity contribution in [1.82, 2.24) is 0 Å². The molecule has 0 heterocycles. The van der Waals surface area contributed by atoms with Gasteiger partial charge in [-0.15, -0.1) is 4.52 Å². The van der Waals surface area contributed by atoms with Crippen LogP contribution in [0, 0.1) is 0 Å². The molecular formula is C18H14F6O4P+. The number of hydrogen-bond acceptors (Lipinski definition) is 4. The average Bonchev–Trinajstić information content (AvgIpc) is 2.64. The quantitative estimate of drug-likeness (QED) is 0.294. The summed E-state index contributed by atoms with van der Waals surface area (Å²) in [6.07, 6.45) is -11.9. The standard InChI is InChI=1S/C18H14F6O4P/c1-11(27-10-12-6-3-2-4-7-12)28-29(26)16(25)15-13(17(19,20)21)8-5-9-14(15)18(22,23)24/h2-9,11H,10H2,1H3/q+1. The summed E-state index contributed by atoms with van der Waals surface area (Å²) in [5, 5.41) is 0. The van der Waals surface area contributed by atoms with Crippen molar-refractivity contribution in [3.8, 4) is 0 Å². The third-order valence-corrected chi connectivity index (χ3v) is 4.67. The third kappa shape index (κ3) is 6.09. The van der Waals surface area contributed by atoms with E-state index in [-0.39, 0.29) is 6.61 Å². The number of benzene rings is 2. The van der Waals surface area contributed by atoms with E-state index in [9.17, 15) is 35.7 Å². The van der Waals surface area contributed by atoms with Crippen LogP contribution in [0.3, 0.4) is 0 Å². The molecule has 0 bridgehead atoms. The van der Waals surface area contributed by atoms with Crippen molar-refractivity contribution in [3.05, 3.63) is 70.8 Å². The molecule has 2 rings (SSSR count). The van der Waals surface area contributed by atoms with Gasteiger partial charge in [0.1, 0.15) is 0 Å². The Labute approximate surface area is 162 Å². The molecule has 2 atom stereocenters. The van der Waals surface area contributed by atoms with E-state index in [1.165, 1.54) is 6.92 Å². The molecule has 0 aliphatic rings. The van der Waals surface area contributed by atoms with Crippen LogP contribution in [-0.2, 0) is 32.8 Å². The van der Waals surface area contributed by atoms with Crippen LogP contribution >= 0.6 is 8.03 Å². The fourth-order valence-corrected chi connectivity index (χ4v) is 3.20. The first kappa shape index (κ1) is 23.0. The highest BCUT2D eigenvalue weighted by atomic mass is 31.1. The van der Waals surface area contributed by atoms with Crippen LogP contribution < -0.4 is 0 Å². The van der Waals surface area contributed by atoms with Crippen molar-refractivity contribution in [3.63, 3.8) is 0 Å². The van der Waals surface area contributed by atoms with Crippen LogP contribution in [0.25, 0.3) is 0 Å². The lowest BCUT2D eigenvalue weighted by atomic mass is 10.0. The molecule has 0 aromatic heterocycles. The highest BCUT2D eigenvalue weighted by Crippen LogP contribution is 2.43. The second kappa shape index (κ2) is 9.02. The lowest BCUT2D eigenvalue weighted by Crippen LogP contribution is -2.19. The summed E-state index contributed by atoms with van der Waals surface area (Å²) in [6, 6.07) is 9.67. The molecule has 0 saturated heterocycles. The maximum atomic E-state index is 13.1. The molecule has 2 aromatic rings. The van der Waals surface area contributed by atoms with Crippen molar-refractivity contribution in [2.24, 2.45) is 0 Å². The van der Waals surface area contributed by atoms with E-state index in [2.05, 4.69) is 0 Å². The molecular weight excluding hydrogens is 425 g/mol. The molecule has 0 spiro atoms. The van der Waals surface area contributed by atoms with Crippen LogP contribution in [0.4, 0.5) is 26.3 Å². The predicted octanol–water partition coefficient (Wildman–Crippen LogP) is 6.19. The second-order valence-corrected chi connectivity index (χ2v) is 6.89. The van der Waals surface area contributed by atoms with E-state index in [1.54, 1.807) is 30.3 Å². The smallest absolute Gasteiger partial charge is 0.344 e. The number of rotatable bonds is 7. The number of alkyl halides is 6. The highest BCUT2D eigenvalue weighted by molar-refractivity contribution is 7.60. The van der Waals surface area contributed by atoms with E-state index in [4.69, 9.17) is 9.26 Å². The summed E-state index contributed by atoms with van der Waals surface area (Å²) in [6.45, 7) is 1.18. The molecule has 156 valence electrons. The second-order valence-electron chi connectivity index (χ2n) is 5.76. The largest absolute Gasteiger partial charge is 0.595 e. The molecule has 4 nitrogen and oxygen atoms in total. The first-order valence-electron chi connectivity index (χ1n) is 8.02. The fourth-order valence-electron chi connectivity index (χ4n) is 2.35. The normalized spacial score (nSPS) is 13.8. The molecule has 2 aromatic carbocycles. The Hall–Kier alpha value is -2.29. The summed E-state index contributed by atoms with van der Waals surface area (Å²) in [7, 11) is -3.58. The summed E-state index contributed by atoms with van der Waals surface area (Å²) in [4.78, 5) is 12.2. The Morgan fingerprint density at radius 2 is 1.45 bits per heavy atom.